The van der Waals surface area contributed by atoms with E-state index >= 15 is 0 Å². The Morgan fingerprint density at radius 3 is 2.67 bits per heavy atom. The molecule has 0 fully saturated rings. The molecule has 0 bridgehead atoms. The van der Waals surface area contributed by atoms with E-state index in [1.165, 1.54) is 0 Å². The Hall–Kier alpha value is -0.750. The first kappa shape index (κ1) is 12.3. The lowest BCUT2D eigenvalue weighted by atomic mass is 10.1. The van der Waals surface area contributed by atoms with E-state index in [0.717, 1.165) is 6.20 Å². The second-order valence-electron chi connectivity index (χ2n) is 2.59. The summed E-state index contributed by atoms with van der Waals surface area (Å²) in [5.41, 5.74) is -0.988. The molecular weight excluding hydrogens is 295 g/mol. The molecule has 1 heterocycles. The number of halogens is 4. The standard InChI is InChI=1S/C8H5BrClF2NO2/c9-1-3-5(7(11)12)4(10)2-13-6(3)8(14)15/h2,7H,1H2,(H,14,15). The van der Waals surface area contributed by atoms with Crippen molar-refractivity contribution in [2.24, 2.45) is 0 Å². The van der Waals surface area contributed by atoms with Crippen LogP contribution in [0.2, 0.25) is 5.02 Å². The molecule has 0 aliphatic rings. The lowest BCUT2D eigenvalue weighted by molar-refractivity contribution is 0.0689. The van der Waals surface area contributed by atoms with Crippen LogP contribution in [0.15, 0.2) is 6.20 Å². The molecule has 0 amide bonds. The van der Waals surface area contributed by atoms with Crippen LogP contribution in [0.3, 0.4) is 0 Å². The van der Waals surface area contributed by atoms with Gasteiger partial charge in [-0.05, 0) is 0 Å². The monoisotopic (exact) mass is 299 g/mol. The molecule has 1 aromatic rings. The molecule has 0 spiro atoms. The summed E-state index contributed by atoms with van der Waals surface area (Å²) in [6.45, 7) is 0. The summed E-state index contributed by atoms with van der Waals surface area (Å²) >= 11 is 8.46. The zero-order valence-electron chi connectivity index (χ0n) is 7.18. The number of hydrogen-bond acceptors (Lipinski definition) is 2. The summed E-state index contributed by atoms with van der Waals surface area (Å²) in [5.74, 6) is -1.36. The maximum atomic E-state index is 12.6. The van der Waals surface area contributed by atoms with Gasteiger partial charge in [-0.25, -0.2) is 18.6 Å². The maximum absolute atomic E-state index is 12.6. The summed E-state index contributed by atoms with van der Waals surface area (Å²) in [7, 11) is 0. The third-order valence-corrected chi connectivity index (χ3v) is 2.59. The summed E-state index contributed by atoms with van der Waals surface area (Å²) < 4.78 is 25.2. The third-order valence-electron chi connectivity index (χ3n) is 1.73. The van der Waals surface area contributed by atoms with Gasteiger partial charge < -0.3 is 5.11 Å². The van der Waals surface area contributed by atoms with Gasteiger partial charge >= 0.3 is 5.97 Å². The van der Waals surface area contributed by atoms with Crippen molar-refractivity contribution in [1.82, 2.24) is 4.98 Å². The van der Waals surface area contributed by atoms with Crippen molar-refractivity contribution in [2.45, 2.75) is 11.8 Å². The number of hydrogen-bond donors (Lipinski definition) is 1. The topological polar surface area (TPSA) is 50.2 Å². The highest BCUT2D eigenvalue weighted by atomic mass is 79.9. The number of carboxylic acids is 1. The number of aromatic carboxylic acids is 1. The van der Waals surface area contributed by atoms with Crippen LogP contribution in [0.25, 0.3) is 0 Å². The maximum Gasteiger partial charge on any atom is 0.354 e. The second kappa shape index (κ2) is 4.85. The van der Waals surface area contributed by atoms with Crippen LogP contribution in [0.4, 0.5) is 8.78 Å². The summed E-state index contributed by atoms with van der Waals surface area (Å²) in [4.78, 5) is 14.2. The predicted molar refractivity (Wildman–Crippen MR) is 53.8 cm³/mol. The third kappa shape index (κ3) is 2.43. The van der Waals surface area contributed by atoms with Crippen molar-refractivity contribution in [3.05, 3.63) is 28.0 Å². The molecular formula is C8H5BrClF2NO2. The van der Waals surface area contributed by atoms with E-state index in [4.69, 9.17) is 16.7 Å². The highest BCUT2D eigenvalue weighted by Gasteiger charge is 2.23. The van der Waals surface area contributed by atoms with Crippen LogP contribution in [0.1, 0.15) is 28.0 Å². The summed E-state index contributed by atoms with van der Waals surface area (Å²) in [6, 6.07) is 0. The molecule has 7 heteroatoms. The summed E-state index contributed by atoms with van der Waals surface area (Å²) in [5, 5.41) is 8.45. The quantitative estimate of drug-likeness (QED) is 0.872. The largest absolute Gasteiger partial charge is 0.477 e. The highest BCUT2D eigenvalue weighted by Crippen LogP contribution is 2.32. The number of rotatable bonds is 3. The Morgan fingerprint density at radius 2 is 2.27 bits per heavy atom. The number of carbonyl (C=O) groups is 1. The number of aromatic nitrogens is 1. The van der Waals surface area contributed by atoms with Gasteiger partial charge in [0.1, 0.15) is 0 Å². The number of nitrogens with zero attached hydrogens (tertiary/aromatic N) is 1. The zero-order chi connectivity index (χ0) is 11.6. The van der Waals surface area contributed by atoms with E-state index in [1.54, 1.807) is 0 Å². The van der Waals surface area contributed by atoms with Gasteiger partial charge in [0.05, 0.1) is 5.02 Å². The van der Waals surface area contributed by atoms with Gasteiger partial charge in [0.15, 0.2) is 5.69 Å². The van der Waals surface area contributed by atoms with Crippen LogP contribution < -0.4 is 0 Å². The average molecular weight is 300 g/mol. The lowest BCUT2D eigenvalue weighted by Gasteiger charge is -2.10. The second-order valence-corrected chi connectivity index (χ2v) is 3.55. The van der Waals surface area contributed by atoms with Crippen LogP contribution in [0.5, 0.6) is 0 Å². The van der Waals surface area contributed by atoms with E-state index in [1.807, 2.05) is 0 Å². The highest BCUT2D eigenvalue weighted by molar-refractivity contribution is 9.08. The van der Waals surface area contributed by atoms with Crippen molar-refractivity contribution in [3.8, 4) is 0 Å². The van der Waals surface area contributed by atoms with Crippen molar-refractivity contribution < 1.29 is 18.7 Å². The molecule has 0 saturated carbocycles. The Morgan fingerprint density at radius 1 is 1.67 bits per heavy atom. The van der Waals surface area contributed by atoms with Gasteiger partial charge in [-0.1, -0.05) is 27.5 Å². The Kier molecular flexibility index (Phi) is 3.98. The van der Waals surface area contributed by atoms with Gasteiger partial charge in [0, 0.05) is 22.7 Å². The molecule has 0 saturated heterocycles. The van der Waals surface area contributed by atoms with Gasteiger partial charge in [0.25, 0.3) is 6.43 Å². The van der Waals surface area contributed by atoms with E-state index < -0.39 is 23.7 Å². The van der Waals surface area contributed by atoms with Crippen LogP contribution in [-0.2, 0) is 5.33 Å². The molecule has 0 radical (unpaired) electrons. The van der Waals surface area contributed by atoms with E-state index in [2.05, 4.69) is 20.9 Å². The molecule has 1 rings (SSSR count). The van der Waals surface area contributed by atoms with E-state index in [-0.39, 0.29) is 15.9 Å². The first-order valence-corrected chi connectivity index (χ1v) is 5.23. The fourth-order valence-corrected chi connectivity index (χ4v) is 1.91. The molecule has 0 unspecified atom stereocenters. The van der Waals surface area contributed by atoms with Gasteiger partial charge in [-0.2, -0.15) is 0 Å². The average Bonchev–Trinajstić information content (AvgIpc) is 2.15. The predicted octanol–water partition coefficient (Wildman–Crippen LogP) is 3.27. The lowest BCUT2D eigenvalue weighted by Crippen LogP contribution is -2.08. The molecule has 0 aliphatic heterocycles. The minimum atomic E-state index is -2.83. The molecule has 82 valence electrons. The minimum absolute atomic E-state index is 0.0398. The first-order chi connectivity index (χ1) is 6.99. The normalized spacial score (nSPS) is 10.7. The fourth-order valence-electron chi connectivity index (χ4n) is 1.10. The molecule has 0 atom stereocenters. The molecule has 15 heavy (non-hydrogen) atoms. The number of pyridine rings is 1. The molecule has 1 N–H and O–H groups in total. The zero-order valence-corrected chi connectivity index (χ0v) is 9.52. The van der Waals surface area contributed by atoms with Crippen LogP contribution in [-0.4, -0.2) is 16.1 Å². The van der Waals surface area contributed by atoms with Crippen molar-refractivity contribution >= 4 is 33.5 Å². The molecule has 0 aliphatic carbocycles. The smallest absolute Gasteiger partial charge is 0.354 e. The van der Waals surface area contributed by atoms with Gasteiger partial charge in [-0.15, -0.1) is 0 Å². The Bertz CT molecular complexity index is 400. The molecule has 3 nitrogen and oxygen atoms in total. The van der Waals surface area contributed by atoms with Gasteiger partial charge in [-0.3, -0.25) is 0 Å². The first-order valence-electron chi connectivity index (χ1n) is 3.73. The van der Waals surface area contributed by atoms with Crippen LogP contribution in [0, 0.1) is 0 Å². The number of alkyl halides is 3. The van der Waals surface area contributed by atoms with Crippen molar-refractivity contribution in [2.75, 3.05) is 0 Å². The van der Waals surface area contributed by atoms with Crippen molar-refractivity contribution in [1.29, 1.82) is 0 Å². The molecule has 1 aromatic heterocycles. The fraction of sp³-hybridized carbons (Fsp3) is 0.250. The minimum Gasteiger partial charge on any atom is -0.477 e. The number of carboxylic acid groups (broad SMARTS) is 1. The van der Waals surface area contributed by atoms with Crippen molar-refractivity contribution in [3.63, 3.8) is 0 Å². The van der Waals surface area contributed by atoms with E-state index in [9.17, 15) is 13.6 Å². The van der Waals surface area contributed by atoms with Crippen LogP contribution >= 0.6 is 27.5 Å². The van der Waals surface area contributed by atoms with E-state index in [0.29, 0.717) is 0 Å². The van der Waals surface area contributed by atoms with Gasteiger partial charge in [0.2, 0.25) is 0 Å². The Labute approximate surface area is 97.2 Å². The SMILES string of the molecule is O=C(O)c1ncc(Cl)c(C(F)F)c1CBr. The molecule has 0 aromatic carbocycles. The summed E-state index contributed by atoms with van der Waals surface area (Å²) in [6.07, 6.45) is -1.91. The Balaban J connectivity index is 3.47.